The first kappa shape index (κ1) is 10.9. The topological polar surface area (TPSA) is 46.5 Å². The molecule has 1 unspecified atom stereocenters. The molecule has 0 aliphatic carbocycles. The number of methoxy groups -OCH3 is 1. The lowest BCUT2D eigenvalue weighted by atomic mass is 10.1. The summed E-state index contributed by atoms with van der Waals surface area (Å²) in [6, 6.07) is 3.95. The van der Waals surface area contributed by atoms with E-state index < -0.39 is 17.9 Å². The third-order valence-corrected chi connectivity index (χ3v) is 2.05. The standard InChI is InChI=1S/C9H8ClFO3/c1-14-8(9(12)13)7-5(10)3-2-4-6(7)11/h2-4,8H,1H3,(H,12,13). The molecule has 0 saturated heterocycles. The van der Waals surface area contributed by atoms with E-state index in [4.69, 9.17) is 16.7 Å². The van der Waals surface area contributed by atoms with Gasteiger partial charge in [-0.05, 0) is 12.1 Å². The van der Waals surface area contributed by atoms with Crippen molar-refractivity contribution in [3.8, 4) is 0 Å². The van der Waals surface area contributed by atoms with Crippen LogP contribution in [0, 0.1) is 5.82 Å². The first-order chi connectivity index (χ1) is 6.57. The lowest BCUT2D eigenvalue weighted by Crippen LogP contribution is -2.15. The quantitative estimate of drug-likeness (QED) is 0.847. The van der Waals surface area contributed by atoms with Gasteiger partial charge in [-0.15, -0.1) is 0 Å². The minimum absolute atomic E-state index is 0.0410. The Morgan fingerprint density at radius 3 is 2.71 bits per heavy atom. The van der Waals surface area contributed by atoms with Gasteiger partial charge < -0.3 is 9.84 Å². The van der Waals surface area contributed by atoms with Crippen LogP contribution >= 0.6 is 11.6 Å². The lowest BCUT2D eigenvalue weighted by molar-refractivity contribution is -0.149. The Kier molecular flexibility index (Phi) is 3.43. The average molecular weight is 219 g/mol. The fourth-order valence-electron chi connectivity index (χ4n) is 1.10. The Morgan fingerprint density at radius 1 is 1.64 bits per heavy atom. The van der Waals surface area contributed by atoms with Crippen LogP contribution in [0.5, 0.6) is 0 Å². The van der Waals surface area contributed by atoms with Gasteiger partial charge in [-0.25, -0.2) is 9.18 Å². The summed E-state index contributed by atoms with van der Waals surface area (Å²) in [5, 5.41) is 8.77. The molecule has 0 radical (unpaired) electrons. The lowest BCUT2D eigenvalue weighted by Gasteiger charge is -2.12. The molecular formula is C9H8ClFO3. The van der Waals surface area contributed by atoms with E-state index in [1.807, 2.05) is 0 Å². The number of hydrogen-bond acceptors (Lipinski definition) is 2. The van der Waals surface area contributed by atoms with Crippen LogP contribution in [0.2, 0.25) is 5.02 Å². The molecule has 0 fully saturated rings. The Balaban J connectivity index is 3.22. The Bertz CT molecular complexity index is 334. The van der Waals surface area contributed by atoms with E-state index in [0.29, 0.717) is 0 Å². The second-order valence-corrected chi connectivity index (χ2v) is 3.00. The SMILES string of the molecule is COC(C(=O)O)c1c(F)cccc1Cl. The normalized spacial score (nSPS) is 12.5. The Morgan fingerprint density at radius 2 is 2.29 bits per heavy atom. The van der Waals surface area contributed by atoms with E-state index in [1.54, 1.807) is 0 Å². The second kappa shape index (κ2) is 4.39. The maximum Gasteiger partial charge on any atom is 0.337 e. The minimum Gasteiger partial charge on any atom is -0.479 e. The summed E-state index contributed by atoms with van der Waals surface area (Å²) in [6.45, 7) is 0. The molecule has 0 saturated carbocycles. The third kappa shape index (κ3) is 2.02. The van der Waals surface area contributed by atoms with Gasteiger partial charge in [0.25, 0.3) is 0 Å². The van der Waals surface area contributed by atoms with Crippen molar-refractivity contribution in [1.82, 2.24) is 0 Å². The average Bonchev–Trinajstić information content (AvgIpc) is 2.10. The predicted molar refractivity (Wildman–Crippen MR) is 48.8 cm³/mol. The number of rotatable bonds is 3. The van der Waals surface area contributed by atoms with Crippen LogP contribution in [-0.2, 0) is 9.53 Å². The van der Waals surface area contributed by atoms with Gasteiger partial charge in [0.15, 0.2) is 6.10 Å². The van der Waals surface area contributed by atoms with Crippen LogP contribution in [0.15, 0.2) is 18.2 Å². The monoisotopic (exact) mass is 218 g/mol. The van der Waals surface area contributed by atoms with Crippen LogP contribution in [0.4, 0.5) is 4.39 Å². The molecule has 1 N–H and O–H groups in total. The molecule has 0 bridgehead atoms. The number of hydrogen-bond donors (Lipinski definition) is 1. The number of aliphatic carboxylic acids is 1. The zero-order valence-electron chi connectivity index (χ0n) is 7.33. The molecule has 5 heteroatoms. The zero-order valence-corrected chi connectivity index (χ0v) is 8.08. The Hall–Kier alpha value is -1.13. The van der Waals surface area contributed by atoms with Gasteiger partial charge in [-0.3, -0.25) is 0 Å². The van der Waals surface area contributed by atoms with E-state index in [2.05, 4.69) is 4.74 Å². The van der Waals surface area contributed by atoms with Crippen molar-refractivity contribution in [2.24, 2.45) is 0 Å². The second-order valence-electron chi connectivity index (χ2n) is 2.59. The Labute approximate surface area is 85.1 Å². The molecule has 3 nitrogen and oxygen atoms in total. The van der Waals surface area contributed by atoms with Crippen molar-refractivity contribution in [2.75, 3.05) is 7.11 Å². The van der Waals surface area contributed by atoms with Gasteiger partial charge >= 0.3 is 5.97 Å². The van der Waals surface area contributed by atoms with Crippen LogP contribution in [0.25, 0.3) is 0 Å². The first-order valence-electron chi connectivity index (χ1n) is 3.77. The van der Waals surface area contributed by atoms with Crippen LogP contribution < -0.4 is 0 Å². The highest BCUT2D eigenvalue weighted by Gasteiger charge is 2.25. The molecule has 1 aromatic rings. The number of carboxylic acids is 1. The van der Waals surface area contributed by atoms with Crippen molar-refractivity contribution < 1.29 is 19.0 Å². The van der Waals surface area contributed by atoms with E-state index in [-0.39, 0.29) is 10.6 Å². The highest BCUT2D eigenvalue weighted by atomic mass is 35.5. The summed E-state index contributed by atoms with van der Waals surface area (Å²) >= 11 is 5.66. The summed E-state index contributed by atoms with van der Waals surface area (Å²) in [4.78, 5) is 10.7. The molecule has 1 rings (SSSR count). The summed E-state index contributed by atoms with van der Waals surface area (Å²) in [6.07, 6.45) is -1.37. The molecule has 0 aromatic heterocycles. The molecule has 1 atom stereocenters. The fourth-order valence-corrected chi connectivity index (χ4v) is 1.37. The predicted octanol–water partition coefficient (Wildman–Crippen LogP) is 2.25. The summed E-state index contributed by atoms with van der Waals surface area (Å²) in [5.74, 6) is -1.97. The summed E-state index contributed by atoms with van der Waals surface area (Å²) in [5.41, 5.74) is -0.149. The minimum atomic E-state index is -1.37. The van der Waals surface area contributed by atoms with Crippen molar-refractivity contribution in [2.45, 2.75) is 6.10 Å². The van der Waals surface area contributed by atoms with Crippen LogP contribution in [0.3, 0.4) is 0 Å². The van der Waals surface area contributed by atoms with Gasteiger partial charge in [0.05, 0.1) is 0 Å². The molecule has 1 aromatic carbocycles. The highest BCUT2D eigenvalue weighted by molar-refractivity contribution is 6.31. The highest BCUT2D eigenvalue weighted by Crippen LogP contribution is 2.27. The number of carbonyl (C=O) groups is 1. The molecule has 0 amide bonds. The number of benzene rings is 1. The first-order valence-corrected chi connectivity index (χ1v) is 4.15. The number of carboxylic acid groups (broad SMARTS) is 1. The van der Waals surface area contributed by atoms with Gasteiger partial charge in [-0.2, -0.15) is 0 Å². The van der Waals surface area contributed by atoms with E-state index in [9.17, 15) is 9.18 Å². The number of halogens is 2. The van der Waals surface area contributed by atoms with E-state index >= 15 is 0 Å². The molecule has 0 heterocycles. The summed E-state index contributed by atoms with van der Waals surface area (Å²) < 4.78 is 17.9. The maximum absolute atomic E-state index is 13.2. The molecular weight excluding hydrogens is 211 g/mol. The molecule has 0 spiro atoms. The van der Waals surface area contributed by atoms with Crippen LogP contribution in [0.1, 0.15) is 11.7 Å². The van der Waals surface area contributed by atoms with Crippen molar-refractivity contribution in [3.05, 3.63) is 34.6 Å². The molecule has 0 aliphatic heterocycles. The maximum atomic E-state index is 13.2. The molecule has 0 aliphatic rings. The van der Waals surface area contributed by atoms with Gasteiger partial charge in [0.1, 0.15) is 5.82 Å². The van der Waals surface area contributed by atoms with Gasteiger partial charge in [-0.1, -0.05) is 17.7 Å². The van der Waals surface area contributed by atoms with Crippen molar-refractivity contribution >= 4 is 17.6 Å². The third-order valence-electron chi connectivity index (χ3n) is 1.72. The van der Waals surface area contributed by atoms with Crippen molar-refractivity contribution in [3.63, 3.8) is 0 Å². The van der Waals surface area contributed by atoms with Gasteiger partial charge in [0, 0.05) is 17.7 Å². The van der Waals surface area contributed by atoms with Gasteiger partial charge in [0.2, 0.25) is 0 Å². The van der Waals surface area contributed by atoms with E-state index in [0.717, 1.165) is 6.07 Å². The fraction of sp³-hybridized carbons (Fsp3) is 0.222. The smallest absolute Gasteiger partial charge is 0.337 e. The largest absolute Gasteiger partial charge is 0.479 e. The number of ether oxygens (including phenoxy) is 1. The zero-order chi connectivity index (χ0) is 10.7. The molecule has 14 heavy (non-hydrogen) atoms. The van der Waals surface area contributed by atoms with E-state index in [1.165, 1.54) is 19.2 Å². The molecule has 76 valence electrons. The van der Waals surface area contributed by atoms with Crippen LogP contribution in [-0.4, -0.2) is 18.2 Å². The van der Waals surface area contributed by atoms with Crippen molar-refractivity contribution in [1.29, 1.82) is 0 Å². The summed E-state index contributed by atoms with van der Waals surface area (Å²) in [7, 11) is 1.18.